The average Bonchev–Trinajstić information content (AvgIpc) is 2.67. The second kappa shape index (κ2) is 7.31. The van der Waals surface area contributed by atoms with E-state index in [-0.39, 0.29) is 0 Å². The van der Waals surface area contributed by atoms with Crippen LogP contribution in [0.25, 0.3) is 0 Å². The Kier molecular flexibility index (Phi) is 6.40. The van der Waals surface area contributed by atoms with Crippen LogP contribution in [0.1, 0.15) is 50.4 Å². The quantitative estimate of drug-likeness (QED) is 0.736. The summed E-state index contributed by atoms with van der Waals surface area (Å²) in [6, 6.07) is 4.63. The third kappa shape index (κ3) is 3.76. The van der Waals surface area contributed by atoms with Crippen LogP contribution in [0, 0.1) is 5.92 Å². The summed E-state index contributed by atoms with van der Waals surface area (Å²) in [5.41, 5.74) is 0. The van der Waals surface area contributed by atoms with E-state index in [1.165, 1.54) is 30.6 Å². The van der Waals surface area contributed by atoms with E-state index in [2.05, 4.69) is 32.3 Å². The summed E-state index contributed by atoms with van der Waals surface area (Å²) in [7, 11) is 2.05. The van der Waals surface area contributed by atoms with Gasteiger partial charge in [-0.25, -0.2) is 0 Å². The monoisotopic (exact) mass is 259 g/mol. The molecule has 0 aromatic carbocycles. The predicted molar refractivity (Wildman–Crippen MR) is 74.4 cm³/mol. The minimum Gasteiger partial charge on any atom is -0.312 e. The summed E-state index contributed by atoms with van der Waals surface area (Å²) in [6.07, 6.45) is 5.08. The molecule has 1 rings (SSSR count). The first-order valence-electron chi connectivity index (χ1n) is 6.15. The van der Waals surface area contributed by atoms with Crippen LogP contribution < -0.4 is 5.32 Å². The molecular weight excluding hydrogens is 238 g/mol. The lowest BCUT2D eigenvalue weighted by atomic mass is 9.89. The molecule has 0 fully saturated rings. The topological polar surface area (TPSA) is 12.0 Å². The van der Waals surface area contributed by atoms with Crippen LogP contribution in [0.4, 0.5) is 0 Å². The Balaban J connectivity index is 2.76. The minimum absolute atomic E-state index is 0.470. The molecular formula is C13H22ClNS. The summed E-state index contributed by atoms with van der Waals surface area (Å²) >= 11 is 7.71. The Bertz CT molecular complexity index is 292. The minimum atomic E-state index is 0.470. The van der Waals surface area contributed by atoms with Crippen molar-refractivity contribution in [2.24, 2.45) is 5.92 Å². The molecule has 0 aliphatic rings. The van der Waals surface area contributed by atoms with Crippen molar-refractivity contribution in [1.82, 2.24) is 5.32 Å². The molecule has 1 unspecified atom stereocenters. The van der Waals surface area contributed by atoms with Crippen molar-refractivity contribution in [2.45, 2.75) is 45.6 Å². The van der Waals surface area contributed by atoms with Crippen molar-refractivity contribution in [3.05, 3.63) is 21.3 Å². The lowest BCUT2D eigenvalue weighted by Crippen LogP contribution is -2.24. The smallest absolute Gasteiger partial charge is 0.0931 e. The van der Waals surface area contributed by atoms with Gasteiger partial charge in [-0.1, -0.05) is 38.3 Å². The van der Waals surface area contributed by atoms with Crippen molar-refractivity contribution in [2.75, 3.05) is 7.05 Å². The lowest BCUT2D eigenvalue weighted by molar-refractivity contribution is 0.335. The summed E-state index contributed by atoms with van der Waals surface area (Å²) in [5, 5.41) is 3.45. The van der Waals surface area contributed by atoms with Crippen LogP contribution in [0.15, 0.2) is 12.1 Å². The van der Waals surface area contributed by atoms with Gasteiger partial charge in [0, 0.05) is 10.9 Å². The number of hydrogen-bond acceptors (Lipinski definition) is 2. The van der Waals surface area contributed by atoms with Crippen LogP contribution in [-0.2, 0) is 0 Å². The van der Waals surface area contributed by atoms with Gasteiger partial charge in [-0.05, 0) is 37.9 Å². The van der Waals surface area contributed by atoms with E-state index in [1.807, 2.05) is 6.07 Å². The number of hydrogen-bond donors (Lipinski definition) is 1. The van der Waals surface area contributed by atoms with Crippen LogP contribution >= 0.6 is 22.9 Å². The van der Waals surface area contributed by atoms with E-state index < -0.39 is 0 Å². The van der Waals surface area contributed by atoms with Gasteiger partial charge in [0.2, 0.25) is 0 Å². The highest BCUT2D eigenvalue weighted by Gasteiger charge is 2.21. The van der Waals surface area contributed by atoms with E-state index in [1.54, 1.807) is 11.3 Å². The molecule has 1 atom stereocenters. The molecule has 0 amide bonds. The lowest BCUT2D eigenvalue weighted by Gasteiger charge is -2.25. The van der Waals surface area contributed by atoms with E-state index in [4.69, 9.17) is 11.6 Å². The molecule has 0 aliphatic carbocycles. The molecule has 0 bridgehead atoms. The van der Waals surface area contributed by atoms with Crippen molar-refractivity contribution in [3.63, 3.8) is 0 Å². The predicted octanol–water partition coefficient (Wildman–Crippen LogP) is 4.88. The van der Waals surface area contributed by atoms with Crippen LogP contribution in [0.2, 0.25) is 4.34 Å². The maximum atomic E-state index is 6.01. The SMILES string of the molecule is CCCC(CCC)C(NC)c1ccc(Cl)s1. The average molecular weight is 260 g/mol. The van der Waals surface area contributed by atoms with E-state index in [0.29, 0.717) is 6.04 Å². The molecule has 0 spiro atoms. The van der Waals surface area contributed by atoms with Gasteiger partial charge < -0.3 is 5.32 Å². The molecule has 0 radical (unpaired) electrons. The molecule has 0 saturated heterocycles. The van der Waals surface area contributed by atoms with Gasteiger partial charge in [0.15, 0.2) is 0 Å². The van der Waals surface area contributed by atoms with Gasteiger partial charge in [0.25, 0.3) is 0 Å². The summed E-state index contributed by atoms with van der Waals surface area (Å²) in [4.78, 5) is 1.37. The number of nitrogens with one attached hydrogen (secondary N) is 1. The van der Waals surface area contributed by atoms with Gasteiger partial charge >= 0.3 is 0 Å². The fraction of sp³-hybridized carbons (Fsp3) is 0.692. The van der Waals surface area contributed by atoms with E-state index >= 15 is 0 Å². The van der Waals surface area contributed by atoms with Crippen molar-refractivity contribution in [3.8, 4) is 0 Å². The Morgan fingerprint density at radius 1 is 1.25 bits per heavy atom. The molecule has 3 heteroatoms. The van der Waals surface area contributed by atoms with Gasteiger partial charge in [0.05, 0.1) is 4.34 Å². The fourth-order valence-corrected chi connectivity index (χ4v) is 3.59. The molecule has 0 saturated carbocycles. The zero-order chi connectivity index (χ0) is 12.0. The van der Waals surface area contributed by atoms with E-state index in [0.717, 1.165) is 10.3 Å². The zero-order valence-corrected chi connectivity index (χ0v) is 12.0. The zero-order valence-electron chi connectivity index (χ0n) is 10.4. The van der Waals surface area contributed by atoms with Crippen LogP contribution in [0.3, 0.4) is 0 Å². The molecule has 1 aromatic rings. The summed E-state index contributed by atoms with van der Waals surface area (Å²) in [6.45, 7) is 4.52. The number of thiophene rings is 1. The third-order valence-corrected chi connectivity index (χ3v) is 4.32. The molecule has 0 aliphatic heterocycles. The first-order valence-corrected chi connectivity index (χ1v) is 7.34. The standard InChI is InChI=1S/C13H22ClNS/c1-4-6-10(7-5-2)13(15-3)11-8-9-12(14)16-11/h8-10,13,15H,4-7H2,1-3H3. The highest BCUT2D eigenvalue weighted by atomic mass is 35.5. The maximum Gasteiger partial charge on any atom is 0.0931 e. The molecule has 1 heterocycles. The van der Waals surface area contributed by atoms with Gasteiger partial charge in [-0.2, -0.15) is 0 Å². The number of rotatable bonds is 7. The fourth-order valence-electron chi connectivity index (χ4n) is 2.32. The summed E-state index contributed by atoms with van der Waals surface area (Å²) in [5.74, 6) is 0.731. The molecule has 1 N–H and O–H groups in total. The third-order valence-electron chi connectivity index (χ3n) is 3.00. The Morgan fingerprint density at radius 2 is 1.88 bits per heavy atom. The Labute approximate surface area is 108 Å². The van der Waals surface area contributed by atoms with Crippen molar-refractivity contribution < 1.29 is 0 Å². The second-order valence-electron chi connectivity index (χ2n) is 4.25. The normalized spacial score (nSPS) is 13.3. The highest BCUT2D eigenvalue weighted by Crippen LogP contribution is 2.34. The largest absolute Gasteiger partial charge is 0.312 e. The Morgan fingerprint density at radius 3 is 2.25 bits per heavy atom. The second-order valence-corrected chi connectivity index (χ2v) is 5.99. The molecule has 92 valence electrons. The van der Waals surface area contributed by atoms with E-state index in [9.17, 15) is 0 Å². The highest BCUT2D eigenvalue weighted by molar-refractivity contribution is 7.16. The van der Waals surface area contributed by atoms with Crippen LogP contribution in [0.5, 0.6) is 0 Å². The first-order chi connectivity index (χ1) is 7.72. The van der Waals surface area contributed by atoms with Gasteiger partial charge in [-0.15, -0.1) is 11.3 Å². The van der Waals surface area contributed by atoms with Crippen LogP contribution in [-0.4, -0.2) is 7.05 Å². The number of halogens is 1. The first kappa shape index (κ1) is 14.0. The van der Waals surface area contributed by atoms with Gasteiger partial charge in [0.1, 0.15) is 0 Å². The Hall–Kier alpha value is -0.0500. The molecule has 1 nitrogen and oxygen atoms in total. The van der Waals surface area contributed by atoms with Crippen molar-refractivity contribution in [1.29, 1.82) is 0 Å². The summed E-state index contributed by atoms with van der Waals surface area (Å²) < 4.78 is 0.891. The van der Waals surface area contributed by atoms with Crippen molar-refractivity contribution >= 4 is 22.9 Å². The molecule has 1 aromatic heterocycles. The maximum absolute atomic E-state index is 6.01. The molecule has 16 heavy (non-hydrogen) atoms. The van der Waals surface area contributed by atoms with Gasteiger partial charge in [-0.3, -0.25) is 0 Å².